The van der Waals surface area contributed by atoms with Crippen LogP contribution in [0.2, 0.25) is 0 Å². The molecule has 0 radical (unpaired) electrons. The number of aromatic amines is 1. The van der Waals surface area contributed by atoms with Gasteiger partial charge in [0.25, 0.3) is 0 Å². The quantitative estimate of drug-likeness (QED) is 0.700. The zero-order chi connectivity index (χ0) is 16.8. The number of benzene rings is 1. The highest BCUT2D eigenvalue weighted by Gasteiger charge is 2.09. The maximum Gasteiger partial charge on any atom is 0.138 e. The minimum Gasteiger partial charge on any atom is -0.488 e. The van der Waals surface area contributed by atoms with E-state index in [4.69, 9.17) is 4.74 Å². The first kappa shape index (κ1) is 16.1. The molecular formula is C18H19FN4O. The van der Waals surface area contributed by atoms with Gasteiger partial charge >= 0.3 is 0 Å². The van der Waals surface area contributed by atoms with Crippen molar-refractivity contribution in [1.29, 1.82) is 0 Å². The summed E-state index contributed by atoms with van der Waals surface area (Å²) in [5.41, 5.74) is 2.82. The topological polar surface area (TPSA) is 62.8 Å². The van der Waals surface area contributed by atoms with Gasteiger partial charge in [0.05, 0.1) is 18.1 Å². The van der Waals surface area contributed by atoms with Gasteiger partial charge in [-0.3, -0.25) is 10.1 Å². The van der Waals surface area contributed by atoms with Gasteiger partial charge in [0.15, 0.2) is 0 Å². The van der Waals surface area contributed by atoms with Crippen LogP contribution in [0.1, 0.15) is 12.5 Å². The van der Waals surface area contributed by atoms with Crippen molar-refractivity contribution < 1.29 is 9.13 Å². The van der Waals surface area contributed by atoms with E-state index in [-0.39, 0.29) is 11.9 Å². The third-order valence-electron chi connectivity index (χ3n) is 3.57. The van der Waals surface area contributed by atoms with Crippen LogP contribution in [0.3, 0.4) is 0 Å². The molecule has 0 bridgehead atoms. The smallest absolute Gasteiger partial charge is 0.138 e. The van der Waals surface area contributed by atoms with Gasteiger partial charge in [0.2, 0.25) is 0 Å². The van der Waals surface area contributed by atoms with Crippen LogP contribution in [0.25, 0.3) is 11.3 Å². The first-order chi connectivity index (χ1) is 11.7. The fourth-order valence-corrected chi connectivity index (χ4v) is 2.41. The number of ether oxygens (including phenoxy) is 1. The number of nitrogens with one attached hydrogen (secondary N) is 2. The van der Waals surface area contributed by atoms with E-state index >= 15 is 0 Å². The molecule has 3 rings (SSSR count). The third-order valence-corrected chi connectivity index (χ3v) is 3.57. The van der Waals surface area contributed by atoms with Crippen molar-refractivity contribution in [3.63, 3.8) is 0 Å². The van der Waals surface area contributed by atoms with Crippen LogP contribution in [0, 0.1) is 5.82 Å². The first-order valence-corrected chi connectivity index (χ1v) is 7.78. The number of aromatic nitrogens is 3. The van der Waals surface area contributed by atoms with E-state index < -0.39 is 0 Å². The van der Waals surface area contributed by atoms with Gasteiger partial charge in [0.1, 0.15) is 17.7 Å². The fourth-order valence-electron chi connectivity index (χ4n) is 2.41. The Morgan fingerprint density at radius 3 is 2.79 bits per heavy atom. The zero-order valence-electron chi connectivity index (χ0n) is 13.4. The van der Waals surface area contributed by atoms with E-state index in [1.165, 1.54) is 12.1 Å². The Morgan fingerprint density at radius 2 is 2.04 bits per heavy atom. The number of H-pyrrole nitrogens is 1. The monoisotopic (exact) mass is 326 g/mol. The van der Waals surface area contributed by atoms with Gasteiger partial charge in [-0.05, 0) is 43.3 Å². The molecule has 2 aromatic heterocycles. The summed E-state index contributed by atoms with van der Waals surface area (Å²) in [6.07, 6.45) is 5.19. The molecule has 0 saturated heterocycles. The van der Waals surface area contributed by atoms with Gasteiger partial charge in [-0.2, -0.15) is 5.10 Å². The van der Waals surface area contributed by atoms with E-state index in [0.29, 0.717) is 13.1 Å². The highest BCUT2D eigenvalue weighted by Crippen LogP contribution is 2.21. The molecular weight excluding hydrogens is 307 g/mol. The third kappa shape index (κ3) is 4.17. The fraction of sp³-hybridized carbons (Fsp3) is 0.222. The average molecular weight is 326 g/mol. The van der Waals surface area contributed by atoms with Crippen LogP contribution in [-0.4, -0.2) is 27.8 Å². The van der Waals surface area contributed by atoms with Crippen LogP contribution < -0.4 is 10.1 Å². The number of hydrogen-bond acceptors (Lipinski definition) is 4. The summed E-state index contributed by atoms with van der Waals surface area (Å²) in [7, 11) is 0. The Labute approximate surface area is 139 Å². The molecule has 3 aromatic rings. The molecule has 0 spiro atoms. The first-order valence-electron chi connectivity index (χ1n) is 7.78. The van der Waals surface area contributed by atoms with E-state index in [0.717, 1.165) is 22.6 Å². The lowest BCUT2D eigenvalue weighted by molar-refractivity contribution is 0.216. The number of hydrogen-bond donors (Lipinski definition) is 2. The molecule has 0 saturated carbocycles. The van der Waals surface area contributed by atoms with Crippen LogP contribution in [0.15, 0.2) is 55.0 Å². The van der Waals surface area contributed by atoms with Crippen molar-refractivity contribution in [2.24, 2.45) is 0 Å². The minimum atomic E-state index is -0.251. The molecule has 0 fully saturated rings. The number of pyridine rings is 1. The Hall–Kier alpha value is -2.73. The molecule has 2 N–H and O–H groups in total. The minimum absolute atomic E-state index is 0.00960. The maximum atomic E-state index is 13.0. The van der Waals surface area contributed by atoms with Crippen molar-refractivity contribution in [3.05, 3.63) is 66.4 Å². The highest BCUT2D eigenvalue weighted by atomic mass is 19.1. The predicted octanol–water partition coefficient (Wildman–Crippen LogP) is 3.17. The lowest BCUT2D eigenvalue weighted by Crippen LogP contribution is -2.28. The second-order valence-electron chi connectivity index (χ2n) is 5.53. The number of halogens is 1. The molecule has 0 unspecified atom stereocenters. The molecule has 0 amide bonds. The normalized spacial score (nSPS) is 12.1. The van der Waals surface area contributed by atoms with Crippen LogP contribution in [0.5, 0.6) is 5.75 Å². The lowest BCUT2D eigenvalue weighted by Gasteiger charge is -2.15. The van der Waals surface area contributed by atoms with Crippen molar-refractivity contribution >= 4 is 0 Å². The molecule has 24 heavy (non-hydrogen) atoms. The number of rotatable bonds is 7. The van der Waals surface area contributed by atoms with E-state index in [2.05, 4.69) is 20.5 Å². The average Bonchev–Trinajstić information content (AvgIpc) is 3.05. The van der Waals surface area contributed by atoms with Crippen LogP contribution >= 0.6 is 0 Å². The van der Waals surface area contributed by atoms with Gasteiger partial charge in [-0.1, -0.05) is 0 Å². The van der Waals surface area contributed by atoms with Gasteiger partial charge in [-0.25, -0.2) is 4.39 Å². The van der Waals surface area contributed by atoms with E-state index in [1.54, 1.807) is 30.7 Å². The Balaban J connectivity index is 1.54. The largest absolute Gasteiger partial charge is 0.488 e. The molecule has 0 aliphatic rings. The lowest BCUT2D eigenvalue weighted by atomic mass is 10.1. The van der Waals surface area contributed by atoms with E-state index in [1.807, 2.05) is 19.1 Å². The predicted molar refractivity (Wildman–Crippen MR) is 90.0 cm³/mol. The highest BCUT2D eigenvalue weighted by molar-refractivity contribution is 5.62. The molecule has 2 heterocycles. The number of nitrogens with zero attached hydrogens (tertiary/aromatic N) is 2. The van der Waals surface area contributed by atoms with Gasteiger partial charge in [0, 0.05) is 30.4 Å². The summed E-state index contributed by atoms with van der Waals surface area (Å²) in [5, 5.41) is 10.4. The molecule has 5 nitrogen and oxygen atoms in total. The molecule has 6 heteroatoms. The summed E-state index contributed by atoms with van der Waals surface area (Å²) in [6.45, 7) is 3.32. The van der Waals surface area contributed by atoms with Crippen LogP contribution in [-0.2, 0) is 6.54 Å². The summed E-state index contributed by atoms with van der Waals surface area (Å²) >= 11 is 0. The van der Waals surface area contributed by atoms with Crippen LogP contribution in [0.4, 0.5) is 4.39 Å². The molecule has 0 aliphatic carbocycles. The van der Waals surface area contributed by atoms with Crippen molar-refractivity contribution in [3.8, 4) is 17.0 Å². The Morgan fingerprint density at radius 1 is 1.21 bits per heavy atom. The van der Waals surface area contributed by atoms with E-state index in [9.17, 15) is 4.39 Å². The molecule has 0 aliphatic heterocycles. The standard InChI is InChI=1S/C18H19FN4O/c1-13(24-17-3-2-8-20-12-17)9-21-10-15-11-22-23-18(15)14-4-6-16(19)7-5-14/h2-8,11-13,21H,9-10H2,1H3,(H,22,23)/t13-/m0/s1. The second-order valence-corrected chi connectivity index (χ2v) is 5.53. The molecule has 1 aromatic carbocycles. The van der Waals surface area contributed by atoms with Gasteiger partial charge < -0.3 is 10.1 Å². The summed E-state index contributed by atoms with van der Waals surface area (Å²) in [6, 6.07) is 10.1. The summed E-state index contributed by atoms with van der Waals surface area (Å²) in [5.74, 6) is 0.501. The maximum absolute atomic E-state index is 13.0. The zero-order valence-corrected chi connectivity index (χ0v) is 13.4. The molecule has 1 atom stereocenters. The Bertz CT molecular complexity index is 758. The molecule has 124 valence electrons. The second kappa shape index (κ2) is 7.70. The van der Waals surface area contributed by atoms with Gasteiger partial charge in [-0.15, -0.1) is 0 Å². The van der Waals surface area contributed by atoms with Crippen molar-refractivity contribution in [1.82, 2.24) is 20.5 Å². The van der Waals surface area contributed by atoms with Crippen molar-refractivity contribution in [2.45, 2.75) is 19.6 Å². The summed E-state index contributed by atoms with van der Waals surface area (Å²) < 4.78 is 18.8. The summed E-state index contributed by atoms with van der Waals surface area (Å²) in [4.78, 5) is 4.03. The van der Waals surface area contributed by atoms with Crippen molar-refractivity contribution in [2.75, 3.05) is 6.54 Å². The Kier molecular flexibility index (Phi) is 5.18. The SMILES string of the molecule is C[C@@H](CNCc1cn[nH]c1-c1ccc(F)cc1)Oc1cccnc1.